The number of amides is 2. The lowest BCUT2D eigenvalue weighted by molar-refractivity contribution is -0.140. The molecule has 0 saturated heterocycles. The highest BCUT2D eigenvalue weighted by atomic mass is 35.5. The highest BCUT2D eigenvalue weighted by Gasteiger charge is 2.38. The number of hydrogen-bond acceptors (Lipinski definition) is 4. The van der Waals surface area contributed by atoms with Crippen molar-refractivity contribution in [3.05, 3.63) is 131 Å². The molecule has 0 aliphatic carbocycles. The lowest BCUT2D eigenvalue weighted by Gasteiger charge is -2.34. The second-order valence-electron chi connectivity index (χ2n) is 11.1. The fraction of sp³-hybridized carbons (Fsp3) is 0.257. The molecule has 4 rings (SSSR count). The van der Waals surface area contributed by atoms with Gasteiger partial charge in [0.1, 0.15) is 18.4 Å². The predicted molar refractivity (Wildman–Crippen MR) is 176 cm³/mol. The van der Waals surface area contributed by atoms with E-state index in [0.29, 0.717) is 22.4 Å². The van der Waals surface area contributed by atoms with Crippen molar-refractivity contribution in [1.29, 1.82) is 0 Å². The number of halogens is 5. The van der Waals surface area contributed by atoms with E-state index in [1.807, 2.05) is 6.92 Å². The lowest BCUT2D eigenvalue weighted by Crippen LogP contribution is -2.54. The van der Waals surface area contributed by atoms with Gasteiger partial charge < -0.3 is 10.2 Å². The van der Waals surface area contributed by atoms with E-state index in [4.69, 9.17) is 11.6 Å². The second kappa shape index (κ2) is 15.7. The van der Waals surface area contributed by atoms with Gasteiger partial charge >= 0.3 is 6.18 Å². The van der Waals surface area contributed by atoms with Crippen LogP contribution in [-0.2, 0) is 38.8 Å². The molecule has 0 aliphatic heterocycles. The maximum absolute atomic E-state index is 15.0. The summed E-state index contributed by atoms with van der Waals surface area (Å²) in [5.41, 5.74) is -1.09. The first kappa shape index (κ1) is 36.4. The summed E-state index contributed by atoms with van der Waals surface area (Å²) < 4.78 is 85.4. The average molecular weight is 704 g/mol. The van der Waals surface area contributed by atoms with Crippen LogP contribution in [0.1, 0.15) is 37.0 Å². The molecule has 4 aromatic carbocycles. The van der Waals surface area contributed by atoms with Crippen LogP contribution in [0.2, 0.25) is 5.02 Å². The van der Waals surface area contributed by atoms with Gasteiger partial charge in [-0.3, -0.25) is 13.9 Å². The third-order valence-electron chi connectivity index (χ3n) is 7.72. The van der Waals surface area contributed by atoms with Crippen LogP contribution in [0.15, 0.2) is 108 Å². The predicted octanol–water partition coefficient (Wildman–Crippen LogP) is 7.25. The first-order valence-corrected chi connectivity index (χ1v) is 16.9. The zero-order valence-corrected chi connectivity index (χ0v) is 27.7. The largest absolute Gasteiger partial charge is 0.417 e. The molecule has 0 unspecified atom stereocenters. The van der Waals surface area contributed by atoms with E-state index in [-0.39, 0.29) is 22.9 Å². The Hall–Kier alpha value is -4.42. The maximum atomic E-state index is 15.0. The van der Waals surface area contributed by atoms with Crippen LogP contribution >= 0.6 is 11.6 Å². The van der Waals surface area contributed by atoms with Gasteiger partial charge in [-0.25, -0.2) is 12.8 Å². The van der Waals surface area contributed by atoms with E-state index in [1.165, 1.54) is 42.5 Å². The van der Waals surface area contributed by atoms with Gasteiger partial charge in [-0.2, -0.15) is 13.2 Å². The zero-order valence-electron chi connectivity index (χ0n) is 26.1. The summed E-state index contributed by atoms with van der Waals surface area (Å²) in [5.74, 6) is -2.19. The third kappa shape index (κ3) is 8.93. The Morgan fingerprint density at radius 3 is 2.10 bits per heavy atom. The van der Waals surface area contributed by atoms with E-state index in [1.54, 1.807) is 49.4 Å². The van der Waals surface area contributed by atoms with E-state index in [0.717, 1.165) is 17.0 Å². The smallest absolute Gasteiger partial charge is 0.352 e. The Balaban J connectivity index is 1.87. The van der Waals surface area contributed by atoms with Crippen molar-refractivity contribution >= 4 is 39.1 Å². The van der Waals surface area contributed by atoms with Crippen LogP contribution in [0, 0.1) is 5.82 Å². The van der Waals surface area contributed by atoms with E-state index in [2.05, 4.69) is 5.32 Å². The number of hydrogen-bond donors (Lipinski definition) is 1. The Labute approximate surface area is 282 Å². The molecular formula is C35H34ClF4N3O4S. The Morgan fingerprint density at radius 1 is 0.896 bits per heavy atom. The number of nitrogens with zero attached hydrogens (tertiary/aromatic N) is 2. The van der Waals surface area contributed by atoms with Crippen molar-refractivity contribution in [2.24, 2.45) is 0 Å². The zero-order chi connectivity index (χ0) is 35.1. The molecule has 48 heavy (non-hydrogen) atoms. The fourth-order valence-electron chi connectivity index (χ4n) is 4.94. The normalized spacial score (nSPS) is 13.0. The first-order valence-electron chi connectivity index (χ1n) is 15.0. The summed E-state index contributed by atoms with van der Waals surface area (Å²) >= 11 is 5.84. The SMILES string of the molecule is CC[C@@H](C)NC(=O)[C@H](Cc1ccccc1)N(Cc1ccccc1F)C(=O)CN(c1ccc(Cl)c(C(F)(F)F)c1)S(=O)(=O)c1ccccc1. The molecule has 4 aromatic rings. The molecule has 254 valence electrons. The van der Waals surface area contributed by atoms with Crippen molar-refractivity contribution < 1.29 is 35.6 Å². The molecule has 0 radical (unpaired) electrons. The molecule has 7 nitrogen and oxygen atoms in total. The molecule has 0 aliphatic rings. The number of alkyl halides is 3. The summed E-state index contributed by atoms with van der Waals surface area (Å²) in [6, 6.07) is 22.2. The first-order chi connectivity index (χ1) is 22.7. The van der Waals surface area contributed by atoms with Gasteiger partial charge in [0, 0.05) is 24.6 Å². The third-order valence-corrected chi connectivity index (χ3v) is 9.84. The minimum absolute atomic E-state index is 0.0199. The van der Waals surface area contributed by atoms with Crippen LogP contribution in [0.4, 0.5) is 23.2 Å². The fourth-order valence-corrected chi connectivity index (χ4v) is 6.59. The molecule has 0 bridgehead atoms. The van der Waals surface area contributed by atoms with Gasteiger partial charge in [0.25, 0.3) is 10.0 Å². The van der Waals surface area contributed by atoms with Crippen molar-refractivity contribution in [2.75, 3.05) is 10.8 Å². The quantitative estimate of drug-likeness (QED) is 0.149. The van der Waals surface area contributed by atoms with Crippen LogP contribution < -0.4 is 9.62 Å². The molecule has 0 saturated carbocycles. The van der Waals surface area contributed by atoms with E-state index in [9.17, 15) is 31.2 Å². The Kier molecular flexibility index (Phi) is 11.9. The minimum Gasteiger partial charge on any atom is -0.352 e. The molecule has 0 heterocycles. The van der Waals surface area contributed by atoms with Gasteiger partial charge in [0.2, 0.25) is 11.8 Å². The van der Waals surface area contributed by atoms with Crippen molar-refractivity contribution in [3.8, 4) is 0 Å². The Bertz CT molecular complexity index is 1830. The highest BCUT2D eigenvalue weighted by molar-refractivity contribution is 7.92. The van der Waals surface area contributed by atoms with Crippen molar-refractivity contribution in [3.63, 3.8) is 0 Å². The number of carbonyl (C=O) groups is 2. The van der Waals surface area contributed by atoms with Gasteiger partial charge in [0.05, 0.1) is 21.2 Å². The number of benzene rings is 4. The summed E-state index contributed by atoms with van der Waals surface area (Å²) in [4.78, 5) is 29.0. The van der Waals surface area contributed by atoms with Crippen molar-refractivity contribution in [2.45, 2.75) is 56.4 Å². The lowest BCUT2D eigenvalue weighted by atomic mass is 10.0. The molecule has 0 spiro atoms. The minimum atomic E-state index is -4.94. The van der Waals surface area contributed by atoms with Crippen LogP contribution in [0.3, 0.4) is 0 Å². The molecule has 0 fully saturated rings. The number of anilines is 1. The number of sulfonamides is 1. The topological polar surface area (TPSA) is 86.8 Å². The summed E-state index contributed by atoms with van der Waals surface area (Å²) in [6.45, 7) is 2.16. The molecule has 0 aromatic heterocycles. The molecule has 2 amide bonds. The van der Waals surface area contributed by atoms with E-state index < -0.39 is 69.2 Å². The summed E-state index contributed by atoms with van der Waals surface area (Å²) in [5, 5.41) is 2.19. The number of nitrogens with one attached hydrogen (secondary N) is 1. The van der Waals surface area contributed by atoms with Crippen molar-refractivity contribution in [1.82, 2.24) is 10.2 Å². The van der Waals surface area contributed by atoms with Gasteiger partial charge in [0.15, 0.2) is 0 Å². The van der Waals surface area contributed by atoms with Crippen LogP contribution in [-0.4, -0.2) is 43.8 Å². The second-order valence-corrected chi connectivity index (χ2v) is 13.4. The van der Waals surface area contributed by atoms with E-state index >= 15 is 4.39 Å². The maximum Gasteiger partial charge on any atom is 0.417 e. The Morgan fingerprint density at radius 2 is 1.50 bits per heavy atom. The van der Waals surface area contributed by atoms with Gasteiger partial charge in [-0.05, 0) is 55.3 Å². The number of carbonyl (C=O) groups excluding carboxylic acids is 2. The van der Waals surface area contributed by atoms with Gasteiger partial charge in [-0.1, -0.05) is 85.3 Å². The standard InChI is InChI=1S/C35H34ClF4N3O4S/c1-3-24(2)41-34(45)32(20-25-12-6-4-7-13-25)42(22-26-14-10-11-17-31(26)37)33(44)23-43(48(46,47)28-15-8-5-9-16-28)27-18-19-30(36)29(21-27)35(38,39)40/h4-19,21,24,32H,3,20,22-23H2,1-2H3,(H,41,45)/t24-,32+/m1/s1. The molecular weight excluding hydrogens is 670 g/mol. The molecule has 2 atom stereocenters. The summed E-state index contributed by atoms with van der Waals surface area (Å²) in [6.07, 6.45) is -4.40. The summed E-state index contributed by atoms with van der Waals surface area (Å²) in [7, 11) is -4.67. The van der Waals surface area contributed by atoms with Crippen LogP contribution in [0.25, 0.3) is 0 Å². The van der Waals surface area contributed by atoms with Gasteiger partial charge in [-0.15, -0.1) is 0 Å². The molecule has 13 heteroatoms. The highest BCUT2D eigenvalue weighted by Crippen LogP contribution is 2.38. The monoisotopic (exact) mass is 703 g/mol. The number of rotatable bonds is 13. The average Bonchev–Trinajstić information content (AvgIpc) is 3.06. The molecule has 1 N–H and O–H groups in total. The van der Waals surface area contributed by atoms with Crippen LogP contribution in [0.5, 0.6) is 0 Å².